The van der Waals surface area contributed by atoms with Crippen LogP contribution < -0.4 is 10.2 Å². The van der Waals surface area contributed by atoms with Gasteiger partial charge in [-0.25, -0.2) is 0 Å². The summed E-state index contributed by atoms with van der Waals surface area (Å²) in [5, 5.41) is 4.38. The molecule has 17 heavy (non-hydrogen) atoms. The molecule has 1 aliphatic rings. The van der Waals surface area contributed by atoms with Gasteiger partial charge in [-0.15, -0.1) is 0 Å². The third-order valence-corrected chi connectivity index (χ3v) is 3.61. The number of hydrogen-bond donors (Lipinski definition) is 1. The van der Waals surface area contributed by atoms with Gasteiger partial charge in [-0.1, -0.05) is 37.6 Å². The van der Waals surface area contributed by atoms with Crippen molar-refractivity contribution >= 4 is 17.3 Å². The maximum atomic E-state index is 6.22. The molecule has 0 spiro atoms. The molecule has 1 fully saturated rings. The van der Waals surface area contributed by atoms with E-state index in [-0.39, 0.29) is 0 Å². The molecule has 0 bridgehead atoms. The van der Waals surface area contributed by atoms with Crippen LogP contribution in [0.3, 0.4) is 0 Å². The smallest absolute Gasteiger partial charge is 0.0639 e. The molecule has 1 aromatic rings. The normalized spacial score (nSPS) is 20.2. The summed E-state index contributed by atoms with van der Waals surface area (Å²) in [5.74, 6) is 0.744. The molecule has 1 aliphatic heterocycles. The van der Waals surface area contributed by atoms with Gasteiger partial charge in [-0.05, 0) is 31.0 Å². The summed E-state index contributed by atoms with van der Waals surface area (Å²) in [6, 6.07) is 8.70. The Morgan fingerprint density at radius 1 is 1.41 bits per heavy atom. The molecule has 1 heterocycles. The second kappa shape index (κ2) is 5.74. The molecule has 94 valence electrons. The highest BCUT2D eigenvalue weighted by Gasteiger charge is 2.23. The Bertz CT molecular complexity index is 365. The fourth-order valence-corrected chi connectivity index (χ4v) is 2.58. The van der Waals surface area contributed by atoms with Gasteiger partial charge in [0.2, 0.25) is 0 Å². The van der Waals surface area contributed by atoms with Crippen molar-refractivity contribution in [3.05, 3.63) is 29.3 Å². The van der Waals surface area contributed by atoms with Crippen LogP contribution in [0.1, 0.15) is 20.3 Å². The predicted molar refractivity (Wildman–Crippen MR) is 74.9 cm³/mol. The Kier molecular flexibility index (Phi) is 4.30. The minimum absolute atomic E-state index is 0.573. The largest absolute Gasteiger partial charge is 0.370 e. The zero-order valence-electron chi connectivity index (χ0n) is 10.6. The summed E-state index contributed by atoms with van der Waals surface area (Å²) in [4.78, 5) is 2.40. The fraction of sp³-hybridized carbons (Fsp3) is 0.571. The van der Waals surface area contributed by atoms with E-state index >= 15 is 0 Å². The number of nitrogens with zero attached hydrogens (tertiary/aromatic N) is 1. The SMILES string of the molecule is CC(C)NCC1CCN(c2ccccc2Cl)C1. The molecular formula is C14H21ClN2. The molecule has 0 aromatic heterocycles. The van der Waals surface area contributed by atoms with Crippen LogP contribution in [-0.4, -0.2) is 25.7 Å². The topological polar surface area (TPSA) is 15.3 Å². The molecule has 1 aromatic carbocycles. The van der Waals surface area contributed by atoms with E-state index in [1.165, 1.54) is 12.1 Å². The van der Waals surface area contributed by atoms with Gasteiger partial charge in [-0.3, -0.25) is 0 Å². The lowest BCUT2D eigenvalue weighted by atomic mass is 10.1. The van der Waals surface area contributed by atoms with E-state index < -0.39 is 0 Å². The molecule has 3 heteroatoms. The van der Waals surface area contributed by atoms with Crippen molar-refractivity contribution in [1.29, 1.82) is 0 Å². The second-order valence-corrected chi connectivity index (χ2v) is 5.52. The Morgan fingerprint density at radius 2 is 2.18 bits per heavy atom. The van der Waals surface area contributed by atoms with Gasteiger partial charge in [0, 0.05) is 19.1 Å². The summed E-state index contributed by atoms with van der Waals surface area (Å²) in [6.07, 6.45) is 1.25. The standard InChI is InChI=1S/C14H21ClN2/c1-11(2)16-9-12-7-8-17(10-12)14-6-4-3-5-13(14)15/h3-6,11-12,16H,7-10H2,1-2H3. The van der Waals surface area contributed by atoms with E-state index in [0.29, 0.717) is 6.04 Å². The number of anilines is 1. The number of nitrogens with one attached hydrogen (secondary N) is 1. The number of halogens is 1. The zero-order chi connectivity index (χ0) is 12.3. The molecule has 0 amide bonds. The maximum absolute atomic E-state index is 6.22. The third-order valence-electron chi connectivity index (χ3n) is 3.29. The summed E-state index contributed by atoms with van der Waals surface area (Å²) in [6.45, 7) is 7.73. The first-order valence-electron chi connectivity index (χ1n) is 6.39. The fourth-order valence-electron chi connectivity index (χ4n) is 2.33. The summed E-state index contributed by atoms with van der Waals surface area (Å²) < 4.78 is 0. The van der Waals surface area contributed by atoms with Crippen LogP contribution in [0.25, 0.3) is 0 Å². The number of benzene rings is 1. The third kappa shape index (κ3) is 3.36. The molecule has 1 unspecified atom stereocenters. The molecular weight excluding hydrogens is 232 g/mol. The Hall–Kier alpha value is -0.730. The molecule has 2 rings (SSSR count). The van der Waals surface area contributed by atoms with Crippen molar-refractivity contribution in [2.75, 3.05) is 24.5 Å². The lowest BCUT2D eigenvalue weighted by molar-refractivity contribution is 0.480. The Morgan fingerprint density at radius 3 is 2.88 bits per heavy atom. The van der Waals surface area contributed by atoms with Crippen molar-refractivity contribution < 1.29 is 0 Å². The Labute approximate surface area is 109 Å². The summed E-state index contributed by atoms with van der Waals surface area (Å²) >= 11 is 6.22. The van der Waals surface area contributed by atoms with Gasteiger partial charge in [0.25, 0.3) is 0 Å². The first kappa shape index (κ1) is 12.7. The zero-order valence-corrected chi connectivity index (χ0v) is 11.4. The average Bonchev–Trinajstić information content (AvgIpc) is 2.75. The van der Waals surface area contributed by atoms with E-state index in [1.807, 2.05) is 12.1 Å². The van der Waals surface area contributed by atoms with Gasteiger partial charge in [0.05, 0.1) is 10.7 Å². The van der Waals surface area contributed by atoms with E-state index in [2.05, 4.69) is 36.2 Å². The minimum Gasteiger partial charge on any atom is -0.370 e. The van der Waals surface area contributed by atoms with Gasteiger partial charge >= 0.3 is 0 Å². The molecule has 0 radical (unpaired) electrons. The van der Waals surface area contributed by atoms with Crippen LogP contribution in [0.15, 0.2) is 24.3 Å². The van der Waals surface area contributed by atoms with Crippen LogP contribution in [0.5, 0.6) is 0 Å². The van der Waals surface area contributed by atoms with E-state index in [0.717, 1.165) is 30.6 Å². The van der Waals surface area contributed by atoms with Gasteiger partial charge in [0.15, 0.2) is 0 Å². The van der Waals surface area contributed by atoms with Crippen LogP contribution in [0.4, 0.5) is 5.69 Å². The van der Waals surface area contributed by atoms with Crippen molar-refractivity contribution in [1.82, 2.24) is 5.32 Å². The number of rotatable bonds is 4. The summed E-state index contributed by atoms with van der Waals surface area (Å²) in [7, 11) is 0. The maximum Gasteiger partial charge on any atom is 0.0639 e. The molecule has 0 saturated carbocycles. The monoisotopic (exact) mass is 252 g/mol. The van der Waals surface area contributed by atoms with Crippen molar-refractivity contribution in [3.63, 3.8) is 0 Å². The molecule has 1 saturated heterocycles. The highest BCUT2D eigenvalue weighted by molar-refractivity contribution is 6.33. The first-order chi connectivity index (χ1) is 8.16. The lowest BCUT2D eigenvalue weighted by Crippen LogP contribution is -2.30. The number of para-hydroxylation sites is 1. The first-order valence-corrected chi connectivity index (χ1v) is 6.77. The average molecular weight is 253 g/mol. The van der Waals surface area contributed by atoms with E-state index in [4.69, 9.17) is 11.6 Å². The van der Waals surface area contributed by atoms with Crippen LogP contribution in [-0.2, 0) is 0 Å². The number of hydrogen-bond acceptors (Lipinski definition) is 2. The highest BCUT2D eigenvalue weighted by atomic mass is 35.5. The Balaban J connectivity index is 1.92. The van der Waals surface area contributed by atoms with E-state index in [1.54, 1.807) is 0 Å². The molecule has 2 nitrogen and oxygen atoms in total. The van der Waals surface area contributed by atoms with Crippen LogP contribution >= 0.6 is 11.6 Å². The van der Waals surface area contributed by atoms with Crippen LogP contribution in [0.2, 0.25) is 5.02 Å². The van der Waals surface area contributed by atoms with Crippen LogP contribution in [0, 0.1) is 5.92 Å². The predicted octanol–water partition coefficient (Wildman–Crippen LogP) is 3.16. The lowest BCUT2D eigenvalue weighted by Gasteiger charge is -2.20. The molecule has 1 N–H and O–H groups in total. The van der Waals surface area contributed by atoms with Gasteiger partial charge < -0.3 is 10.2 Å². The molecule has 1 atom stereocenters. The van der Waals surface area contributed by atoms with Crippen molar-refractivity contribution in [3.8, 4) is 0 Å². The van der Waals surface area contributed by atoms with Crippen molar-refractivity contribution in [2.24, 2.45) is 5.92 Å². The molecule has 0 aliphatic carbocycles. The van der Waals surface area contributed by atoms with Crippen molar-refractivity contribution in [2.45, 2.75) is 26.3 Å². The minimum atomic E-state index is 0.573. The summed E-state index contributed by atoms with van der Waals surface area (Å²) in [5.41, 5.74) is 1.18. The van der Waals surface area contributed by atoms with E-state index in [9.17, 15) is 0 Å². The van der Waals surface area contributed by atoms with Gasteiger partial charge in [0.1, 0.15) is 0 Å². The van der Waals surface area contributed by atoms with Gasteiger partial charge in [-0.2, -0.15) is 0 Å². The highest BCUT2D eigenvalue weighted by Crippen LogP contribution is 2.29. The second-order valence-electron chi connectivity index (χ2n) is 5.12. The quantitative estimate of drug-likeness (QED) is 0.886.